The van der Waals surface area contributed by atoms with E-state index in [-0.39, 0.29) is 0 Å². The molecule has 1 aromatic heterocycles. The predicted molar refractivity (Wildman–Crippen MR) is 87.5 cm³/mol. The second-order valence-corrected chi connectivity index (χ2v) is 5.59. The highest BCUT2D eigenvalue weighted by atomic mass is 19.1. The normalized spacial score (nSPS) is 14.2. The molecule has 1 saturated heterocycles. The molecule has 0 aliphatic carbocycles. The van der Waals surface area contributed by atoms with Crippen LogP contribution in [0.2, 0.25) is 0 Å². The molecular formula is C17H16F2N4O3. The van der Waals surface area contributed by atoms with Gasteiger partial charge in [0.2, 0.25) is 5.95 Å². The van der Waals surface area contributed by atoms with Crippen molar-refractivity contribution in [3.05, 3.63) is 53.9 Å². The van der Waals surface area contributed by atoms with Gasteiger partial charge in [0.1, 0.15) is 17.2 Å². The van der Waals surface area contributed by atoms with Gasteiger partial charge in [-0.2, -0.15) is 0 Å². The van der Waals surface area contributed by atoms with Crippen molar-refractivity contribution in [2.75, 3.05) is 37.7 Å². The standard InChI is InChI=1S/C17H16F2N4O3/c18-12-3-1-4-13(19)15(12)16(25)26-11-14(24)22-7-9-23(10-8-22)17-20-5-2-6-21-17/h1-6H,7-11H2. The Morgan fingerprint density at radius 2 is 1.62 bits per heavy atom. The lowest BCUT2D eigenvalue weighted by atomic mass is 10.2. The van der Waals surface area contributed by atoms with Crippen molar-refractivity contribution in [2.24, 2.45) is 0 Å². The van der Waals surface area contributed by atoms with Crippen molar-refractivity contribution in [1.82, 2.24) is 14.9 Å². The summed E-state index contributed by atoms with van der Waals surface area (Å²) in [5, 5.41) is 0. The Kier molecular flexibility index (Phi) is 5.35. The monoisotopic (exact) mass is 362 g/mol. The first kappa shape index (κ1) is 17.7. The maximum Gasteiger partial charge on any atom is 0.344 e. The zero-order chi connectivity index (χ0) is 18.5. The van der Waals surface area contributed by atoms with E-state index in [1.54, 1.807) is 18.5 Å². The summed E-state index contributed by atoms with van der Waals surface area (Å²) in [6, 6.07) is 4.76. The summed E-state index contributed by atoms with van der Waals surface area (Å²) in [7, 11) is 0. The van der Waals surface area contributed by atoms with Crippen LogP contribution in [-0.4, -0.2) is 59.5 Å². The molecule has 0 saturated carbocycles. The number of amides is 1. The topological polar surface area (TPSA) is 75.6 Å². The quantitative estimate of drug-likeness (QED) is 0.763. The lowest BCUT2D eigenvalue weighted by Crippen LogP contribution is -2.50. The highest BCUT2D eigenvalue weighted by Gasteiger charge is 2.24. The molecule has 0 spiro atoms. The lowest BCUT2D eigenvalue weighted by Gasteiger charge is -2.34. The van der Waals surface area contributed by atoms with Crippen molar-refractivity contribution >= 4 is 17.8 Å². The average Bonchev–Trinajstić information content (AvgIpc) is 2.67. The van der Waals surface area contributed by atoms with E-state index < -0.39 is 35.7 Å². The molecule has 7 nitrogen and oxygen atoms in total. The van der Waals surface area contributed by atoms with Gasteiger partial charge in [-0.25, -0.2) is 23.5 Å². The van der Waals surface area contributed by atoms with E-state index >= 15 is 0 Å². The van der Waals surface area contributed by atoms with Crippen LogP contribution in [0.15, 0.2) is 36.7 Å². The molecule has 1 aromatic carbocycles. The van der Waals surface area contributed by atoms with Crippen LogP contribution < -0.4 is 4.90 Å². The smallest absolute Gasteiger partial charge is 0.344 e. The Balaban J connectivity index is 1.51. The van der Waals surface area contributed by atoms with Gasteiger partial charge in [0, 0.05) is 38.6 Å². The molecule has 1 amide bonds. The number of nitrogens with zero attached hydrogens (tertiary/aromatic N) is 4. The minimum absolute atomic E-state index is 0.405. The molecule has 26 heavy (non-hydrogen) atoms. The van der Waals surface area contributed by atoms with Crippen LogP contribution in [0.25, 0.3) is 0 Å². The molecule has 2 aromatic rings. The number of carbonyl (C=O) groups is 2. The minimum Gasteiger partial charge on any atom is -0.452 e. The summed E-state index contributed by atoms with van der Waals surface area (Å²) in [4.78, 5) is 35.7. The molecular weight excluding hydrogens is 346 g/mol. The van der Waals surface area contributed by atoms with E-state index in [1.807, 2.05) is 4.90 Å². The van der Waals surface area contributed by atoms with Crippen LogP contribution >= 0.6 is 0 Å². The summed E-state index contributed by atoms with van der Waals surface area (Å²) >= 11 is 0. The van der Waals surface area contributed by atoms with Crippen LogP contribution in [-0.2, 0) is 9.53 Å². The molecule has 0 atom stereocenters. The average molecular weight is 362 g/mol. The Hall–Kier alpha value is -3.10. The zero-order valence-electron chi connectivity index (χ0n) is 13.8. The Labute approximate surface area is 148 Å². The van der Waals surface area contributed by atoms with Crippen LogP contribution in [0.1, 0.15) is 10.4 Å². The highest BCUT2D eigenvalue weighted by molar-refractivity contribution is 5.91. The molecule has 0 N–H and O–H groups in total. The van der Waals surface area contributed by atoms with Crippen molar-refractivity contribution in [2.45, 2.75) is 0 Å². The SMILES string of the molecule is O=C(OCC(=O)N1CCN(c2ncccn2)CC1)c1c(F)cccc1F. The second-order valence-electron chi connectivity index (χ2n) is 5.59. The van der Waals surface area contributed by atoms with E-state index in [0.717, 1.165) is 18.2 Å². The van der Waals surface area contributed by atoms with Gasteiger partial charge in [-0.05, 0) is 18.2 Å². The molecule has 0 unspecified atom stereocenters. The minimum atomic E-state index is -1.20. The number of hydrogen-bond acceptors (Lipinski definition) is 6. The van der Waals surface area contributed by atoms with Crippen LogP contribution in [0, 0.1) is 11.6 Å². The summed E-state index contributed by atoms with van der Waals surface area (Å²) in [6.45, 7) is 1.30. The number of aromatic nitrogens is 2. The second kappa shape index (κ2) is 7.85. The van der Waals surface area contributed by atoms with Gasteiger partial charge in [-0.1, -0.05) is 6.07 Å². The van der Waals surface area contributed by atoms with Gasteiger partial charge in [-0.3, -0.25) is 4.79 Å². The van der Waals surface area contributed by atoms with E-state index in [1.165, 1.54) is 4.90 Å². The third-order valence-electron chi connectivity index (χ3n) is 3.96. The summed E-state index contributed by atoms with van der Waals surface area (Å²) in [5.41, 5.74) is -0.800. The summed E-state index contributed by atoms with van der Waals surface area (Å²) < 4.78 is 31.8. The Morgan fingerprint density at radius 1 is 1.00 bits per heavy atom. The first-order valence-corrected chi connectivity index (χ1v) is 7.97. The van der Waals surface area contributed by atoms with Gasteiger partial charge in [0.15, 0.2) is 6.61 Å². The number of carbonyl (C=O) groups excluding carboxylic acids is 2. The molecule has 1 fully saturated rings. The molecule has 1 aliphatic rings. The number of esters is 1. The maximum absolute atomic E-state index is 13.5. The van der Waals surface area contributed by atoms with E-state index in [9.17, 15) is 18.4 Å². The number of piperazine rings is 1. The number of hydrogen-bond donors (Lipinski definition) is 0. The third-order valence-corrected chi connectivity index (χ3v) is 3.96. The van der Waals surface area contributed by atoms with Gasteiger partial charge >= 0.3 is 5.97 Å². The van der Waals surface area contributed by atoms with Crippen LogP contribution in [0.4, 0.5) is 14.7 Å². The van der Waals surface area contributed by atoms with Gasteiger partial charge < -0.3 is 14.5 Å². The third kappa shape index (κ3) is 3.93. The number of halogens is 2. The highest BCUT2D eigenvalue weighted by Crippen LogP contribution is 2.14. The molecule has 0 radical (unpaired) electrons. The Morgan fingerprint density at radius 3 is 2.23 bits per heavy atom. The van der Waals surface area contributed by atoms with Crippen molar-refractivity contribution < 1.29 is 23.1 Å². The van der Waals surface area contributed by atoms with Gasteiger partial charge in [0.05, 0.1) is 0 Å². The summed E-state index contributed by atoms with van der Waals surface area (Å²) in [5.74, 6) is -3.10. The number of benzene rings is 1. The number of anilines is 1. The molecule has 136 valence electrons. The first-order valence-electron chi connectivity index (χ1n) is 7.97. The predicted octanol–water partition coefficient (Wildman–Crippen LogP) is 1.26. The largest absolute Gasteiger partial charge is 0.452 e. The number of ether oxygens (including phenoxy) is 1. The fourth-order valence-corrected chi connectivity index (χ4v) is 2.59. The number of rotatable bonds is 4. The Bertz CT molecular complexity index is 776. The van der Waals surface area contributed by atoms with Crippen LogP contribution in [0.3, 0.4) is 0 Å². The maximum atomic E-state index is 13.5. The van der Waals surface area contributed by atoms with Crippen molar-refractivity contribution in [1.29, 1.82) is 0 Å². The van der Waals surface area contributed by atoms with Crippen LogP contribution in [0.5, 0.6) is 0 Å². The zero-order valence-corrected chi connectivity index (χ0v) is 13.8. The molecule has 0 bridgehead atoms. The van der Waals surface area contributed by atoms with Gasteiger partial charge in [-0.15, -0.1) is 0 Å². The molecule has 2 heterocycles. The first-order chi connectivity index (χ1) is 12.6. The lowest BCUT2D eigenvalue weighted by molar-refractivity contribution is -0.134. The summed E-state index contributed by atoms with van der Waals surface area (Å²) in [6.07, 6.45) is 3.28. The fourth-order valence-electron chi connectivity index (χ4n) is 2.59. The van der Waals surface area contributed by atoms with E-state index in [4.69, 9.17) is 4.74 Å². The van der Waals surface area contributed by atoms with Crippen molar-refractivity contribution in [3.63, 3.8) is 0 Å². The molecule has 9 heteroatoms. The van der Waals surface area contributed by atoms with E-state index in [0.29, 0.717) is 32.1 Å². The van der Waals surface area contributed by atoms with Crippen molar-refractivity contribution in [3.8, 4) is 0 Å². The van der Waals surface area contributed by atoms with Gasteiger partial charge in [0.25, 0.3) is 5.91 Å². The van der Waals surface area contributed by atoms with E-state index in [2.05, 4.69) is 9.97 Å². The fraction of sp³-hybridized carbons (Fsp3) is 0.294. The molecule has 3 rings (SSSR count). The molecule has 1 aliphatic heterocycles.